The zero-order valence-electron chi connectivity index (χ0n) is 11.4. The SMILES string of the molecule is CCCNC(c1ccoc1Cl)C1CCC(C)CC1. The van der Waals surface area contributed by atoms with Crippen LogP contribution in [0.2, 0.25) is 5.22 Å². The summed E-state index contributed by atoms with van der Waals surface area (Å²) in [5, 5.41) is 4.21. The first-order valence-electron chi connectivity index (χ1n) is 7.18. The zero-order chi connectivity index (χ0) is 13.0. The van der Waals surface area contributed by atoms with Crippen LogP contribution in [0.3, 0.4) is 0 Å². The summed E-state index contributed by atoms with van der Waals surface area (Å²) >= 11 is 6.15. The molecule has 1 heterocycles. The summed E-state index contributed by atoms with van der Waals surface area (Å²) in [5.41, 5.74) is 1.14. The van der Waals surface area contributed by atoms with Crippen molar-refractivity contribution in [3.8, 4) is 0 Å². The molecule has 1 N–H and O–H groups in total. The third-order valence-electron chi connectivity index (χ3n) is 4.13. The van der Waals surface area contributed by atoms with Crippen molar-refractivity contribution in [1.82, 2.24) is 5.32 Å². The summed E-state index contributed by atoms with van der Waals surface area (Å²) in [4.78, 5) is 0. The average Bonchev–Trinajstić information content (AvgIpc) is 2.78. The molecule has 18 heavy (non-hydrogen) atoms. The van der Waals surface area contributed by atoms with Gasteiger partial charge in [0.1, 0.15) is 0 Å². The van der Waals surface area contributed by atoms with E-state index in [1.54, 1.807) is 6.26 Å². The Hall–Kier alpha value is -0.470. The zero-order valence-corrected chi connectivity index (χ0v) is 12.2. The first-order valence-corrected chi connectivity index (χ1v) is 7.56. The molecule has 0 radical (unpaired) electrons. The van der Waals surface area contributed by atoms with Gasteiger partial charge in [0, 0.05) is 11.6 Å². The number of nitrogens with one attached hydrogen (secondary N) is 1. The van der Waals surface area contributed by atoms with Crippen molar-refractivity contribution in [2.45, 2.75) is 52.0 Å². The second-order valence-electron chi connectivity index (χ2n) is 5.60. The molecule has 1 aromatic heterocycles. The van der Waals surface area contributed by atoms with Crippen molar-refractivity contribution in [2.24, 2.45) is 11.8 Å². The summed E-state index contributed by atoms with van der Waals surface area (Å²) in [7, 11) is 0. The molecular weight excluding hydrogens is 246 g/mol. The molecular formula is C15H24ClNO. The molecule has 0 amide bonds. The van der Waals surface area contributed by atoms with E-state index in [9.17, 15) is 0 Å². The van der Waals surface area contributed by atoms with E-state index < -0.39 is 0 Å². The number of rotatable bonds is 5. The van der Waals surface area contributed by atoms with E-state index >= 15 is 0 Å². The van der Waals surface area contributed by atoms with Crippen molar-refractivity contribution in [3.05, 3.63) is 23.1 Å². The van der Waals surface area contributed by atoms with Gasteiger partial charge >= 0.3 is 0 Å². The molecule has 1 unspecified atom stereocenters. The number of halogens is 1. The van der Waals surface area contributed by atoms with Gasteiger partial charge in [-0.2, -0.15) is 0 Å². The van der Waals surface area contributed by atoms with Crippen molar-refractivity contribution >= 4 is 11.6 Å². The average molecular weight is 270 g/mol. The second kappa shape index (κ2) is 6.63. The van der Waals surface area contributed by atoms with Gasteiger partial charge in [-0.25, -0.2) is 0 Å². The van der Waals surface area contributed by atoms with Crippen LogP contribution in [-0.2, 0) is 0 Å². The highest BCUT2D eigenvalue weighted by molar-refractivity contribution is 6.29. The molecule has 1 aliphatic carbocycles. The van der Waals surface area contributed by atoms with E-state index in [-0.39, 0.29) is 0 Å². The summed E-state index contributed by atoms with van der Waals surface area (Å²) < 4.78 is 5.26. The number of furan rings is 1. The van der Waals surface area contributed by atoms with Gasteiger partial charge < -0.3 is 9.73 Å². The van der Waals surface area contributed by atoms with Crippen LogP contribution in [0.4, 0.5) is 0 Å². The van der Waals surface area contributed by atoms with Gasteiger partial charge in [-0.3, -0.25) is 0 Å². The van der Waals surface area contributed by atoms with Crippen LogP contribution >= 0.6 is 11.6 Å². The van der Waals surface area contributed by atoms with E-state index in [1.165, 1.54) is 25.7 Å². The van der Waals surface area contributed by atoms with Crippen molar-refractivity contribution in [1.29, 1.82) is 0 Å². The molecule has 0 spiro atoms. The van der Waals surface area contributed by atoms with Crippen molar-refractivity contribution in [2.75, 3.05) is 6.54 Å². The molecule has 1 atom stereocenters. The summed E-state index contributed by atoms with van der Waals surface area (Å²) in [6.45, 7) is 5.59. The third kappa shape index (κ3) is 3.30. The molecule has 1 aromatic rings. The fourth-order valence-corrected chi connectivity index (χ4v) is 3.21. The van der Waals surface area contributed by atoms with Gasteiger partial charge in [0.05, 0.1) is 6.26 Å². The predicted octanol–water partition coefficient (Wildman–Crippen LogP) is 4.80. The third-order valence-corrected chi connectivity index (χ3v) is 4.43. The van der Waals surface area contributed by atoms with E-state index in [2.05, 4.69) is 19.2 Å². The molecule has 1 fully saturated rings. The van der Waals surface area contributed by atoms with Crippen molar-refractivity contribution in [3.63, 3.8) is 0 Å². The quantitative estimate of drug-likeness (QED) is 0.831. The molecule has 0 aliphatic heterocycles. The Morgan fingerprint density at radius 3 is 2.67 bits per heavy atom. The Morgan fingerprint density at radius 2 is 2.11 bits per heavy atom. The largest absolute Gasteiger partial charge is 0.453 e. The Morgan fingerprint density at radius 1 is 1.39 bits per heavy atom. The minimum atomic E-state index is 0.365. The van der Waals surface area contributed by atoms with Crippen LogP contribution < -0.4 is 5.32 Å². The molecule has 0 aromatic carbocycles. The first-order chi connectivity index (χ1) is 8.72. The van der Waals surface area contributed by atoms with Gasteiger partial charge in [0.2, 0.25) is 0 Å². The molecule has 102 valence electrons. The predicted molar refractivity (Wildman–Crippen MR) is 75.9 cm³/mol. The smallest absolute Gasteiger partial charge is 0.197 e. The molecule has 2 nitrogen and oxygen atoms in total. The minimum absolute atomic E-state index is 0.365. The molecule has 3 heteroatoms. The monoisotopic (exact) mass is 269 g/mol. The maximum absolute atomic E-state index is 6.15. The Labute approximate surface area is 115 Å². The fourth-order valence-electron chi connectivity index (χ4n) is 2.98. The Balaban J connectivity index is 2.07. The lowest BCUT2D eigenvalue weighted by Crippen LogP contribution is -2.31. The normalized spacial score (nSPS) is 26.2. The summed E-state index contributed by atoms with van der Waals surface area (Å²) in [6, 6.07) is 2.39. The molecule has 2 rings (SSSR count). The van der Waals surface area contributed by atoms with Crippen LogP contribution in [0.25, 0.3) is 0 Å². The summed E-state index contributed by atoms with van der Waals surface area (Å²) in [6.07, 6.45) is 8.11. The van der Waals surface area contributed by atoms with Crippen molar-refractivity contribution < 1.29 is 4.42 Å². The lowest BCUT2D eigenvalue weighted by atomic mass is 9.77. The first kappa shape index (κ1) is 14.0. The van der Waals surface area contributed by atoms with Crippen LogP contribution in [0.1, 0.15) is 57.6 Å². The van der Waals surface area contributed by atoms with Gasteiger partial charge in [0.15, 0.2) is 5.22 Å². The minimum Gasteiger partial charge on any atom is -0.453 e. The highest BCUT2D eigenvalue weighted by atomic mass is 35.5. The van der Waals surface area contributed by atoms with Gasteiger partial charge in [-0.15, -0.1) is 0 Å². The molecule has 1 saturated carbocycles. The maximum Gasteiger partial charge on any atom is 0.197 e. The van der Waals surface area contributed by atoms with Gasteiger partial charge in [0.25, 0.3) is 0 Å². The molecule has 0 saturated heterocycles. The highest BCUT2D eigenvalue weighted by Crippen LogP contribution is 2.39. The number of hydrogen-bond acceptors (Lipinski definition) is 2. The van der Waals surface area contributed by atoms with Gasteiger partial charge in [-0.05, 0) is 55.3 Å². The van der Waals surface area contributed by atoms with Crippen LogP contribution in [-0.4, -0.2) is 6.54 Å². The Kier molecular flexibility index (Phi) is 5.13. The summed E-state index contributed by atoms with van der Waals surface area (Å²) in [5.74, 6) is 1.58. The lowest BCUT2D eigenvalue weighted by molar-refractivity contribution is 0.231. The van der Waals surface area contributed by atoms with E-state index in [4.69, 9.17) is 16.0 Å². The standard InChI is InChI=1S/C15H24ClNO/c1-3-9-17-14(13-8-10-18-15(13)16)12-6-4-11(2)5-7-12/h8,10-12,14,17H,3-7,9H2,1-2H3. The highest BCUT2D eigenvalue weighted by Gasteiger charge is 2.29. The lowest BCUT2D eigenvalue weighted by Gasteiger charge is -2.33. The topological polar surface area (TPSA) is 25.2 Å². The van der Waals surface area contributed by atoms with Crippen LogP contribution in [0, 0.1) is 11.8 Å². The van der Waals surface area contributed by atoms with E-state index in [0.29, 0.717) is 17.2 Å². The fraction of sp³-hybridized carbons (Fsp3) is 0.733. The Bertz CT molecular complexity index is 355. The maximum atomic E-state index is 6.15. The van der Waals surface area contributed by atoms with E-state index in [0.717, 1.165) is 24.4 Å². The van der Waals surface area contributed by atoms with Crippen LogP contribution in [0.15, 0.2) is 16.7 Å². The molecule has 0 bridgehead atoms. The van der Waals surface area contributed by atoms with Crippen LogP contribution in [0.5, 0.6) is 0 Å². The second-order valence-corrected chi connectivity index (χ2v) is 5.94. The van der Waals surface area contributed by atoms with Gasteiger partial charge in [-0.1, -0.05) is 26.7 Å². The molecule has 1 aliphatic rings. The van der Waals surface area contributed by atoms with E-state index in [1.807, 2.05) is 6.07 Å². The number of hydrogen-bond donors (Lipinski definition) is 1.